The fourth-order valence-corrected chi connectivity index (χ4v) is 4.25. The van der Waals surface area contributed by atoms with Crippen molar-refractivity contribution < 1.29 is 10.1 Å². The van der Waals surface area contributed by atoms with E-state index in [1.54, 1.807) is 11.3 Å². The molecule has 1 atom stereocenters. The third kappa shape index (κ3) is 2.65. The zero-order chi connectivity index (χ0) is 15.6. The van der Waals surface area contributed by atoms with E-state index in [1.807, 2.05) is 60.2 Å². The van der Waals surface area contributed by atoms with Gasteiger partial charge in [-0.3, -0.25) is 4.79 Å². The van der Waals surface area contributed by atoms with E-state index in [-0.39, 0.29) is 5.78 Å². The maximum absolute atomic E-state index is 13.2. The molecule has 22 heavy (non-hydrogen) atoms. The Balaban J connectivity index is 2.05. The smallest absolute Gasteiger partial charge is 0.223 e. The van der Waals surface area contributed by atoms with Crippen LogP contribution in [0.5, 0.6) is 0 Å². The quantitative estimate of drug-likeness (QED) is 0.856. The Morgan fingerprint density at radius 3 is 2.77 bits per heavy atom. The number of quaternary nitrogens is 1. The molecule has 0 radical (unpaired) electrons. The van der Waals surface area contributed by atoms with Crippen molar-refractivity contribution in [3.05, 3.63) is 62.8 Å². The molecule has 0 saturated heterocycles. The molecule has 1 heterocycles. The number of nitrogens with two attached hydrogens (primary N) is 1. The highest BCUT2D eigenvalue weighted by atomic mass is 35.5. The van der Waals surface area contributed by atoms with Gasteiger partial charge >= 0.3 is 0 Å². The molecule has 1 aromatic carbocycles. The zero-order valence-corrected chi connectivity index (χ0v) is 14.1. The summed E-state index contributed by atoms with van der Waals surface area (Å²) in [6.07, 6.45) is 4.71. The molecule has 3 rings (SSSR count). The molecule has 0 unspecified atom stereocenters. The monoisotopic (exact) mass is 332 g/mol. The molecule has 2 nitrogen and oxygen atoms in total. The third-order valence-corrected chi connectivity index (χ3v) is 5.57. The summed E-state index contributed by atoms with van der Waals surface area (Å²) in [6.45, 7) is 0. The van der Waals surface area contributed by atoms with Gasteiger partial charge < -0.3 is 5.32 Å². The average molecular weight is 333 g/mol. The van der Waals surface area contributed by atoms with Crippen LogP contribution in [0.4, 0.5) is 0 Å². The minimum absolute atomic E-state index is 0.197. The average Bonchev–Trinajstić information content (AvgIpc) is 3.04. The van der Waals surface area contributed by atoms with Crippen LogP contribution in [0.2, 0.25) is 5.02 Å². The molecule has 4 heteroatoms. The SMILES string of the molecule is C[NH2+][C@@]1(c2ccccc2Cl)CCC/C(=C\c2cccs2)C1=O. The van der Waals surface area contributed by atoms with Crippen molar-refractivity contribution in [3.8, 4) is 0 Å². The van der Waals surface area contributed by atoms with Crippen LogP contribution in [0.1, 0.15) is 29.7 Å². The Hall–Kier alpha value is -1.42. The Labute approximate surface area is 139 Å². The summed E-state index contributed by atoms with van der Waals surface area (Å²) >= 11 is 8.05. The number of benzene rings is 1. The van der Waals surface area contributed by atoms with Crippen LogP contribution < -0.4 is 5.32 Å². The number of hydrogen-bond acceptors (Lipinski definition) is 2. The van der Waals surface area contributed by atoms with E-state index < -0.39 is 5.54 Å². The zero-order valence-electron chi connectivity index (χ0n) is 12.5. The molecular formula is C18H19ClNOS+. The summed E-state index contributed by atoms with van der Waals surface area (Å²) in [5.74, 6) is 0.197. The number of thiophene rings is 1. The number of likely N-dealkylation sites (N-methyl/N-ethyl adjacent to an activating group) is 1. The van der Waals surface area contributed by atoms with Gasteiger partial charge in [0.2, 0.25) is 5.78 Å². The molecule has 1 aliphatic carbocycles. The number of carbonyl (C=O) groups excluding carboxylic acids is 1. The molecule has 0 bridgehead atoms. The molecule has 2 aromatic rings. The summed E-state index contributed by atoms with van der Waals surface area (Å²) < 4.78 is 0. The van der Waals surface area contributed by atoms with Gasteiger partial charge in [-0.15, -0.1) is 11.3 Å². The number of hydrogen-bond donors (Lipinski definition) is 1. The van der Waals surface area contributed by atoms with E-state index in [9.17, 15) is 4.79 Å². The van der Waals surface area contributed by atoms with E-state index in [2.05, 4.69) is 0 Å². The first kappa shape index (κ1) is 15.5. The lowest BCUT2D eigenvalue weighted by molar-refractivity contribution is -0.698. The lowest BCUT2D eigenvalue weighted by atomic mass is 9.73. The van der Waals surface area contributed by atoms with Gasteiger partial charge in [0.1, 0.15) is 0 Å². The normalized spacial score (nSPS) is 23.9. The second-order valence-corrected chi connectivity index (χ2v) is 6.99. The lowest BCUT2D eigenvalue weighted by Gasteiger charge is -2.34. The van der Waals surface area contributed by atoms with Gasteiger partial charge in [-0.25, -0.2) is 0 Å². The fourth-order valence-electron chi connectivity index (χ4n) is 3.26. The predicted molar refractivity (Wildman–Crippen MR) is 92.1 cm³/mol. The third-order valence-electron chi connectivity index (χ3n) is 4.42. The molecule has 1 aliphatic rings. The minimum Gasteiger partial charge on any atom is -0.333 e. The van der Waals surface area contributed by atoms with Crippen LogP contribution >= 0.6 is 22.9 Å². The Morgan fingerprint density at radius 2 is 2.09 bits per heavy atom. The summed E-state index contributed by atoms with van der Waals surface area (Å²) in [5.41, 5.74) is 1.26. The van der Waals surface area contributed by atoms with Crippen LogP contribution in [0.15, 0.2) is 47.4 Å². The molecule has 114 valence electrons. The maximum atomic E-state index is 13.2. The van der Waals surface area contributed by atoms with Crippen LogP contribution in [0.25, 0.3) is 6.08 Å². The van der Waals surface area contributed by atoms with Crippen molar-refractivity contribution in [3.63, 3.8) is 0 Å². The Kier molecular flexibility index (Phi) is 4.48. The lowest BCUT2D eigenvalue weighted by Crippen LogP contribution is -2.94. The van der Waals surface area contributed by atoms with Crippen molar-refractivity contribution in [2.24, 2.45) is 0 Å². The molecule has 2 N–H and O–H groups in total. The summed E-state index contributed by atoms with van der Waals surface area (Å²) in [6, 6.07) is 11.8. The summed E-state index contributed by atoms with van der Waals surface area (Å²) in [5, 5.41) is 4.73. The van der Waals surface area contributed by atoms with Crippen molar-refractivity contribution >= 4 is 34.8 Å². The van der Waals surface area contributed by atoms with Crippen molar-refractivity contribution in [1.29, 1.82) is 0 Å². The van der Waals surface area contributed by atoms with Gasteiger partial charge in [-0.05, 0) is 36.4 Å². The molecule has 1 fully saturated rings. The Morgan fingerprint density at radius 1 is 1.27 bits per heavy atom. The van der Waals surface area contributed by atoms with E-state index in [4.69, 9.17) is 11.6 Å². The van der Waals surface area contributed by atoms with E-state index >= 15 is 0 Å². The van der Waals surface area contributed by atoms with Gasteiger partial charge in [0.05, 0.1) is 12.1 Å². The van der Waals surface area contributed by atoms with Crippen LogP contribution in [-0.2, 0) is 10.3 Å². The van der Waals surface area contributed by atoms with Crippen molar-refractivity contribution in [1.82, 2.24) is 0 Å². The molecular weight excluding hydrogens is 314 g/mol. The second kappa shape index (κ2) is 6.37. The van der Waals surface area contributed by atoms with Crippen LogP contribution in [0, 0.1) is 0 Å². The highest BCUT2D eigenvalue weighted by Gasteiger charge is 2.47. The number of rotatable bonds is 3. The fraction of sp³-hybridized carbons (Fsp3) is 0.278. The first-order chi connectivity index (χ1) is 10.7. The minimum atomic E-state index is -0.584. The molecule has 0 aliphatic heterocycles. The number of halogens is 1. The Bertz CT molecular complexity index is 708. The first-order valence-corrected chi connectivity index (χ1v) is 8.77. The first-order valence-electron chi connectivity index (χ1n) is 7.52. The van der Waals surface area contributed by atoms with Crippen molar-refractivity contribution in [2.45, 2.75) is 24.8 Å². The van der Waals surface area contributed by atoms with Gasteiger partial charge in [0, 0.05) is 22.4 Å². The molecule has 0 amide bonds. The van der Waals surface area contributed by atoms with Gasteiger partial charge in [-0.2, -0.15) is 0 Å². The molecule has 1 saturated carbocycles. The van der Waals surface area contributed by atoms with Crippen LogP contribution in [0.3, 0.4) is 0 Å². The highest BCUT2D eigenvalue weighted by molar-refractivity contribution is 7.10. The van der Waals surface area contributed by atoms with E-state index in [0.717, 1.165) is 35.3 Å². The van der Waals surface area contributed by atoms with Crippen LogP contribution in [-0.4, -0.2) is 12.8 Å². The highest BCUT2D eigenvalue weighted by Crippen LogP contribution is 2.37. The maximum Gasteiger partial charge on any atom is 0.223 e. The number of ketones is 1. The number of Topliss-reactive ketones (excluding diaryl/α,β-unsaturated/α-hetero) is 1. The van der Waals surface area contributed by atoms with E-state index in [1.165, 1.54) is 0 Å². The molecule has 0 spiro atoms. The predicted octanol–water partition coefficient (Wildman–Crippen LogP) is 3.63. The van der Waals surface area contributed by atoms with Gasteiger partial charge in [0.25, 0.3) is 0 Å². The van der Waals surface area contributed by atoms with Gasteiger partial charge in [-0.1, -0.05) is 35.9 Å². The van der Waals surface area contributed by atoms with E-state index in [0.29, 0.717) is 5.02 Å². The number of carbonyl (C=O) groups is 1. The summed E-state index contributed by atoms with van der Waals surface area (Å²) in [7, 11) is 1.97. The van der Waals surface area contributed by atoms with Crippen molar-refractivity contribution in [2.75, 3.05) is 7.05 Å². The standard InChI is InChI=1S/C18H18ClNOS/c1-20-18(15-8-2-3-9-16(15)19)10-4-6-13(17(18)21)12-14-7-5-11-22-14/h2-3,5,7-9,11-12,20H,4,6,10H2,1H3/p+1/b13-12+/t18-/m1/s1. The largest absolute Gasteiger partial charge is 0.333 e. The topological polar surface area (TPSA) is 33.7 Å². The molecule has 1 aromatic heterocycles. The summed E-state index contributed by atoms with van der Waals surface area (Å²) in [4.78, 5) is 14.3. The van der Waals surface area contributed by atoms with Gasteiger partial charge in [0.15, 0.2) is 5.54 Å². The second-order valence-electron chi connectivity index (χ2n) is 5.61.